The zero-order chi connectivity index (χ0) is 19.0. The van der Waals surface area contributed by atoms with Crippen LogP contribution in [0.1, 0.15) is 46.1 Å². The summed E-state index contributed by atoms with van der Waals surface area (Å²) in [7, 11) is 0. The van der Waals surface area contributed by atoms with E-state index in [2.05, 4.69) is 5.32 Å². The highest BCUT2D eigenvalue weighted by molar-refractivity contribution is 5.69. The number of rotatable bonds is 8. The monoisotopic (exact) mass is 353 g/mol. The van der Waals surface area contributed by atoms with Crippen LogP contribution in [0, 0.1) is 0 Å². The van der Waals surface area contributed by atoms with Crippen molar-refractivity contribution in [3.8, 4) is 11.5 Å². The second kappa shape index (κ2) is 9.15. The van der Waals surface area contributed by atoms with Crippen molar-refractivity contribution in [3.63, 3.8) is 0 Å². The zero-order valence-electron chi connectivity index (χ0n) is 15.2. The van der Waals surface area contributed by atoms with Gasteiger partial charge in [0.25, 0.3) is 0 Å². The Kier molecular flexibility index (Phi) is 7.54. The van der Waals surface area contributed by atoms with Gasteiger partial charge in [0.05, 0.1) is 6.61 Å². The normalized spacial score (nSPS) is 12.3. The number of phenols is 1. The summed E-state index contributed by atoms with van der Waals surface area (Å²) in [5.74, 6) is -0.604. The van der Waals surface area contributed by atoms with Gasteiger partial charge in [-0.05, 0) is 52.2 Å². The van der Waals surface area contributed by atoms with E-state index in [4.69, 9.17) is 14.6 Å². The number of ether oxygens (including phenoxy) is 2. The summed E-state index contributed by atoms with van der Waals surface area (Å²) in [5.41, 5.74) is -0.0873. The molecule has 1 atom stereocenters. The van der Waals surface area contributed by atoms with Crippen molar-refractivity contribution < 1.29 is 29.3 Å². The van der Waals surface area contributed by atoms with Gasteiger partial charge in [-0.1, -0.05) is 12.1 Å². The molecular weight excluding hydrogens is 326 g/mol. The predicted molar refractivity (Wildman–Crippen MR) is 93.0 cm³/mol. The van der Waals surface area contributed by atoms with Gasteiger partial charge >= 0.3 is 12.1 Å². The molecule has 0 saturated carbocycles. The van der Waals surface area contributed by atoms with Gasteiger partial charge in [0.2, 0.25) is 0 Å². The number of hydrogen-bond acceptors (Lipinski definition) is 5. The number of carboxylic acid groups (broad SMARTS) is 1. The van der Waals surface area contributed by atoms with Crippen LogP contribution in [0.5, 0.6) is 11.5 Å². The summed E-state index contributed by atoms with van der Waals surface area (Å²) in [6.45, 7) is 7.46. The molecule has 0 aliphatic heterocycles. The molecule has 7 nitrogen and oxygen atoms in total. The van der Waals surface area contributed by atoms with E-state index in [9.17, 15) is 14.7 Å². The first-order valence-electron chi connectivity index (χ1n) is 8.27. The van der Waals surface area contributed by atoms with Crippen molar-refractivity contribution >= 4 is 12.1 Å². The molecule has 0 saturated heterocycles. The fraction of sp³-hybridized carbons (Fsp3) is 0.556. The van der Waals surface area contributed by atoms with Crippen molar-refractivity contribution in [2.45, 2.75) is 58.6 Å². The minimum atomic E-state index is -0.955. The third-order valence-electron chi connectivity index (χ3n) is 3.28. The molecule has 1 aromatic rings. The van der Waals surface area contributed by atoms with Crippen LogP contribution < -0.4 is 10.1 Å². The van der Waals surface area contributed by atoms with Crippen molar-refractivity contribution in [1.29, 1.82) is 0 Å². The van der Waals surface area contributed by atoms with Crippen LogP contribution in [-0.4, -0.2) is 40.5 Å². The molecule has 0 bridgehead atoms. The number of aromatic hydroxyl groups is 1. The Balaban J connectivity index is 2.88. The third-order valence-corrected chi connectivity index (χ3v) is 3.28. The smallest absolute Gasteiger partial charge is 0.407 e. The second-order valence-electron chi connectivity index (χ2n) is 6.68. The second-order valence-corrected chi connectivity index (χ2v) is 6.68. The minimum absolute atomic E-state index is 0.00402. The van der Waals surface area contributed by atoms with Crippen LogP contribution in [0.15, 0.2) is 18.2 Å². The fourth-order valence-electron chi connectivity index (χ4n) is 2.27. The number of aliphatic carboxylic acids is 1. The first-order chi connectivity index (χ1) is 11.6. The molecule has 0 aliphatic rings. The molecule has 1 rings (SSSR count). The van der Waals surface area contributed by atoms with E-state index in [0.29, 0.717) is 17.9 Å². The summed E-state index contributed by atoms with van der Waals surface area (Å²) in [4.78, 5) is 22.9. The lowest BCUT2D eigenvalue weighted by molar-refractivity contribution is -0.137. The van der Waals surface area contributed by atoms with E-state index in [0.717, 1.165) is 0 Å². The Morgan fingerprint density at radius 3 is 2.52 bits per heavy atom. The Bertz CT molecular complexity index is 594. The molecule has 25 heavy (non-hydrogen) atoms. The van der Waals surface area contributed by atoms with Gasteiger partial charge < -0.3 is 25.0 Å². The predicted octanol–water partition coefficient (Wildman–Crippen LogP) is 3.09. The van der Waals surface area contributed by atoms with Crippen LogP contribution >= 0.6 is 0 Å². The maximum Gasteiger partial charge on any atom is 0.407 e. The molecule has 0 heterocycles. The van der Waals surface area contributed by atoms with Gasteiger partial charge in [-0.25, -0.2) is 4.79 Å². The standard InChI is InChI=1S/C18H27NO6/c1-5-24-14-8-6-7-12(16(14)22)11-13(9-10-15(20)21)19-17(23)25-18(2,3)4/h6-8,13,22H,5,9-11H2,1-4H3,(H,19,23)(H,20,21). The largest absolute Gasteiger partial charge is 0.504 e. The van der Waals surface area contributed by atoms with Crippen LogP contribution in [0.3, 0.4) is 0 Å². The van der Waals surface area contributed by atoms with Crippen LogP contribution in [0.25, 0.3) is 0 Å². The van der Waals surface area contributed by atoms with Gasteiger partial charge in [-0.15, -0.1) is 0 Å². The number of carbonyl (C=O) groups is 2. The first kappa shape index (κ1) is 20.6. The van der Waals surface area contributed by atoms with Gasteiger partial charge in [0.15, 0.2) is 11.5 Å². The molecular formula is C18H27NO6. The van der Waals surface area contributed by atoms with Crippen LogP contribution in [-0.2, 0) is 16.0 Å². The Labute approximate surface area is 147 Å². The van der Waals surface area contributed by atoms with E-state index in [-0.39, 0.29) is 25.0 Å². The van der Waals surface area contributed by atoms with Crippen molar-refractivity contribution in [2.24, 2.45) is 0 Å². The van der Waals surface area contributed by atoms with Crippen LogP contribution in [0.4, 0.5) is 4.79 Å². The molecule has 3 N–H and O–H groups in total. The molecule has 140 valence electrons. The molecule has 0 fully saturated rings. The number of carboxylic acids is 1. The average Bonchev–Trinajstić information content (AvgIpc) is 2.47. The lowest BCUT2D eigenvalue weighted by Gasteiger charge is -2.24. The summed E-state index contributed by atoms with van der Waals surface area (Å²) in [6.07, 6.45) is -0.248. The maximum absolute atomic E-state index is 12.0. The lowest BCUT2D eigenvalue weighted by atomic mass is 10.0. The molecule has 0 radical (unpaired) electrons. The van der Waals surface area contributed by atoms with Gasteiger partial charge in [0, 0.05) is 12.5 Å². The number of benzene rings is 1. The minimum Gasteiger partial charge on any atom is -0.504 e. The molecule has 0 spiro atoms. The number of phenolic OH excluding ortho intramolecular Hbond substituents is 1. The Hall–Kier alpha value is -2.44. The highest BCUT2D eigenvalue weighted by Gasteiger charge is 2.21. The van der Waals surface area contributed by atoms with E-state index >= 15 is 0 Å². The lowest BCUT2D eigenvalue weighted by Crippen LogP contribution is -2.40. The molecule has 1 amide bonds. The van der Waals surface area contributed by atoms with Gasteiger partial charge in [0.1, 0.15) is 5.60 Å². The highest BCUT2D eigenvalue weighted by Crippen LogP contribution is 2.31. The first-order valence-corrected chi connectivity index (χ1v) is 8.27. The summed E-state index contributed by atoms with van der Waals surface area (Å²) < 4.78 is 10.6. The van der Waals surface area contributed by atoms with E-state index in [1.54, 1.807) is 39.0 Å². The van der Waals surface area contributed by atoms with E-state index < -0.39 is 23.7 Å². The maximum atomic E-state index is 12.0. The average molecular weight is 353 g/mol. The number of para-hydroxylation sites is 1. The fourth-order valence-corrected chi connectivity index (χ4v) is 2.27. The quantitative estimate of drug-likeness (QED) is 0.663. The Morgan fingerprint density at radius 2 is 1.96 bits per heavy atom. The number of nitrogens with one attached hydrogen (secondary N) is 1. The summed E-state index contributed by atoms with van der Waals surface area (Å²) in [5, 5.41) is 21.9. The molecule has 0 aromatic heterocycles. The molecule has 1 unspecified atom stereocenters. The van der Waals surface area contributed by atoms with E-state index in [1.165, 1.54) is 0 Å². The molecule has 7 heteroatoms. The van der Waals surface area contributed by atoms with Crippen LogP contribution in [0.2, 0.25) is 0 Å². The zero-order valence-corrected chi connectivity index (χ0v) is 15.2. The number of hydrogen-bond donors (Lipinski definition) is 3. The van der Waals surface area contributed by atoms with Crippen molar-refractivity contribution in [3.05, 3.63) is 23.8 Å². The summed E-state index contributed by atoms with van der Waals surface area (Å²) >= 11 is 0. The molecule has 0 aliphatic carbocycles. The van der Waals surface area contributed by atoms with Gasteiger partial charge in [-0.3, -0.25) is 4.79 Å². The van der Waals surface area contributed by atoms with Crippen molar-refractivity contribution in [1.82, 2.24) is 5.32 Å². The van der Waals surface area contributed by atoms with Gasteiger partial charge in [-0.2, -0.15) is 0 Å². The van der Waals surface area contributed by atoms with E-state index in [1.807, 2.05) is 6.92 Å². The Morgan fingerprint density at radius 1 is 1.28 bits per heavy atom. The highest BCUT2D eigenvalue weighted by atomic mass is 16.6. The number of carbonyl (C=O) groups excluding carboxylic acids is 1. The molecule has 1 aromatic carbocycles. The topological polar surface area (TPSA) is 105 Å². The number of amides is 1. The van der Waals surface area contributed by atoms with Crippen molar-refractivity contribution in [2.75, 3.05) is 6.61 Å². The number of alkyl carbamates (subject to hydrolysis) is 1. The summed E-state index contributed by atoms with van der Waals surface area (Å²) in [6, 6.07) is 4.61. The SMILES string of the molecule is CCOc1cccc(CC(CCC(=O)O)NC(=O)OC(C)(C)C)c1O. The third kappa shape index (κ3) is 7.78.